The molecule has 8 heteroatoms. The molecule has 1 aromatic heterocycles. The highest BCUT2D eigenvalue weighted by molar-refractivity contribution is 7.89. The highest BCUT2D eigenvalue weighted by Gasteiger charge is 2.17. The number of sulfonamides is 1. The molecule has 0 saturated heterocycles. The summed E-state index contributed by atoms with van der Waals surface area (Å²) in [6.45, 7) is 2.23. The first-order chi connectivity index (χ1) is 9.99. The minimum atomic E-state index is -3.85. The fourth-order valence-electron chi connectivity index (χ4n) is 1.61. The number of benzene rings is 1. The highest BCUT2D eigenvalue weighted by Crippen LogP contribution is 2.12. The van der Waals surface area contributed by atoms with Crippen molar-refractivity contribution in [2.24, 2.45) is 0 Å². The first-order valence-electron chi connectivity index (χ1n) is 6.27. The number of anilines is 1. The van der Waals surface area contributed by atoms with E-state index < -0.39 is 15.8 Å². The average molecular weight is 310 g/mol. The number of nitrogens with one attached hydrogen (secondary N) is 2. The summed E-state index contributed by atoms with van der Waals surface area (Å²) in [6.07, 6.45) is 0. The van der Waals surface area contributed by atoms with Crippen LogP contribution in [-0.4, -0.2) is 31.7 Å². The van der Waals surface area contributed by atoms with E-state index in [0.717, 1.165) is 11.8 Å². The lowest BCUT2D eigenvalue weighted by atomic mass is 10.4. The largest absolute Gasteiger partial charge is 0.367 e. The van der Waals surface area contributed by atoms with Crippen LogP contribution in [-0.2, 0) is 10.0 Å². The molecule has 0 aliphatic carbocycles. The predicted octanol–water partition coefficient (Wildman–Crippen LogP) is 1.31. The van der Waals surface area contributed by atoms with Crippen molar-refractivity contribution in [3.05, 3.63) is 47.9 Å². The molecule has 2 rings (SSSR count). The van der Waals surface area contributed by atoms with Crippen molar-refractivity contribution in [3.8, 4) is 0 Å². The van der Waals surface area contributed by atoms with Gasteiger partial charge in [-0.3, -0.25) is 0 Å². The van der Waals surface area contributed by atoms with Crippen LogP contribution in [0.3, 0.4) is 0 Å². The second kappa shape index (κ2) is 6.59. The molecule has 0 unspecified atom stereocenters. The van der Waals surface area contributed by atoms with Gasteiger partial charge in [-0.15, -0.1) is 5.10 Å². The number of aromatic nitrogens is 2. The molecular weight excluding hydrogens is 295 g/mol. The third-order valence-corrected chi connectivity index (χ3v) is 4.14. The van der Waals surface area contributed by atoms with E-state index in [-0.39, 0.29) is 11.4 Å². The lowest BCUT2D eigenvalue weighted by Crippen LogP contribution is -2.29. The minimum absolute atomic E-state index is 0.103. The lowest BCUT2D eigenvalue weighted by molar-refractivity contribution is 0.558. The van der Waals surface area contributed by atoms with Crippen LogP contribution in [0.15, 0.2) is 41.3 Å². The monoisotopic (exact) mass is 310 g/mol. The number of nitrogens with zero attached hydrogens (tertiary/aromatic N) is 2. The Labute approximate surface area is 122 Å². The van der Waals surface area contributed by atoms with E-state index >= 15 is 0 Å². The topological polar surface area (TPSA) is 84.0 Å². The van der Waals surface area contributed by atoms with Crippen molar-refractivity contribution in [2.75, 3.05) is 18.4 Å². The smallest absolute Gasteiger partial charge is 0.243 e. The normalized spacial score (nSPS) is 11.3. The molecule has 1 aromatic carbocycles. The molecule has 0 spiro atoms. The number of hydrogen-bond acceptors (Lipinski definition) is 5. The molecule has 6 nitrogen and oxygen atoms in total. The van der Waals surface area contributed by atoms with Crippen LogP contribution >= 0.6 is 0 Å². The van der Waals surface area contributed by atoms with E-state index in [2.05, 4.69) is 20.2 Å². The Hall–Kier alpha value is -2.06. The van der Waals surface area contributed by atoms with E-state index in [1.807, 2.05) is 6.92 Å². The molecule has 21 heavy (non-hydrogen) atoms. The van der Waals surface area contributed by atoms with E-state index in [1.54, 1.807) is 12.1 Å². The molecule has 0 bridgehead atoms. The molecule has 0 aliphatic heterocycles. The summed E-state index contributed by atoms with van der Waals surface area (Å²) in [4.78, 5) is -0.361. The van der Waals surface area contributed by atoms with Gasteiger partial charge in [0.1, 0.15) is 16.5 Å². The number of rotatable bonds is 6. The summed E-state index contributed by atoms with van der Waals surface area (Å²) in [6, 6.07) is 8.77. The Balaban J connectivity index is 1.88. The molecule has 2 N–H and O–H groups in total. The van der Waals surface area contributed by atoms with Crippen LogP contribution < -0.4 is 10.0 Å². The van der Waals surface area contributed by atoms with Crippen molar-refractivity contribution in [1.29, 1.82) is 0 Å². The summed E-state index contributed by atoms with van der Waals surface area (Å²) in [5.74, 6) is -0.229. The van der Waals surface area contributed by atoms with Crippen molar-refractivity contribution in [1.82, 2.24) is 14.9 Å². The Bertz CT molecular complexity index is 704. The van der Waals surface area contributed by atoms with E-state index in [9.17, 15) is 12.8 Å². The molecule has 0 radical (unpaired) electrons. The maximum absolute atomic E-state index is 13.4. The van der Waals surface area contributed by atoms with Gasteiger partial charge in [0.2, 0.25) is 10.0 Å². The molecule has 0 saturated carbocycles. The maximum atomic E-state index is 13.4. The molecule has 2 aromatic rings. The van der Waals surface area contributed by atoms with Gasteiger partial charge in [-0.1, -0.05) is 12.1 Å². The third-order valence-electron chi connectivity index (χ3n) is 2.65. The van der Waals surface area contributed by atoms with Crippen LogP contribution in [0.5, 0.6) is 0 Å². The van der Waals surface area contributed by atoms with Gasteiger partial charge in [0, 0.05) is 13.1 Å². The zero-order chi connectivity index (χ0) is 15.3. The first kappa shape index (κ1) is 15.3. The number of halogens is 1. The summed E-state index contributed by atoms with van der Waals surface area (Å²) in [5.41, 5.74) is 0.792. The van der Waals surface area contributed by atoms with E-state index in [4.69, 9.17) is 0 Å². The fraction of sp³-hybridized carbons (Fsp3) is 0.231. The highest BCUT2D eigenvalue weighted by atomic mass is 32.2. The minimum Gasteiger partial charge on any atom is -0.367 e. The van der Waals surface area contributed by atoms with Gasteiger partial charge < -0.3 is 5.32 Å². The zero-order valence-corrected chi connectivity index (χ0v) is 12.2. The molecule has 112 valence electrons. The molecular formula is C13H15FN4O2S. The van der Waals surface area contributed by atoms with Gasteiger partial charge in [0.25, 0.3) is 0 Å². The Kier molecular flexibility index (Phi) is 4.81. The van der Waals surface area contributed by atoms with Crippen LogP contribution in [0.25, 0.3) is 0 Å². The van der Waals surface area contributed by atoms with Gasteiger partial charge in [0.15, 0.2) is 0 Å². The summed E-state index contributed by atoms with van der Waals surface area (Å²) >= 11 is 0. The van der Waals surface area contributed by atoms with Crippen molar-refractivity contribution >= 4 is 15.8 Å². The molecule has 0 aliphatic rings. The molecule has 0 fully saturated rings. The van der Waals surface area contributed by atoms with Crippen molar-refractivity contribution in [2.45, 2.75) is 11.8 Å². The van der Waals surface area contributed by atoms with Crippen molar-refractivity contribution < 1.29 is 12.8 Å². The Morgan fingerprint density at radius 1 is 1.10 bits per heavy atom. The second-order valence-corrected chi connectivity index (χ2v) is 6.05. The molecule has 1 heterocycles. The first-order valence-corrected chi connectivity index (χ1v) is 7.76. The second-order valence-electron chi connectivity index (χ2n) is 4.31. The van der Waals surface area contributed by atoms with Gasteiger partial charge in [-0.2, -0.15) is 5.10 Å². The number of aryl methyl sites for hydroxylation is 1. The van der Waals surface area contributed by atoms with Gasteiger partial charge in [0.05, 0.1) is 5.69 Å². The van der Waals surface area contributed by atoms with Gasteiger partial charge in [-0.25, -0.2) is 17.5 Å². The maximum Gasteiger partial charge on any atom is 0.243 e. The lowest BCUT2D eigenvalue weighted by Gasteiger charge is -2.08. The van der Waals surface area contributed by atoms with Gasteiger partial charge in [-0.05, 0) is 31.2 Å². The number of hydrogen-bond donors (Lipinski definition) is 2. The standard InChI is InChI=1S/C13H15FN4O2S/c1-10-6-7-13(18-17-10)15-8-9-16-21(19,20)12-5-3-2-4-11(12)14/h2-7,16H,8-9H2,1H3,(H,15,18). The van der Waals surface area contributed by atoms with Crippen LogP contribution in [0.2, 0.25) is 0 Å². The Morgan fingerprint density at radius 2 is 1.86 bits per heavy atom. The van der Waals surface area contributed by atoms with Crippen molar-refractivity contribution in [3.63, 3.8) is 0 Å². The molecule has 0 atom stereocenters. The van der Waals surface area contributed by atoms with Crippen LogP contribution in [0.4, 0.5) is 10.2 Å². The van der Waals surface area contributed by atoms with Gasteiger partial charge >= 0.3 is 0 Å². The van der Waals surface area contributed by atoms with Crippen LogP contribution in [0.1, 0.15) is 5.69 Å². The molecule has 0 amide bonds. The average Bonchev–Trinajstić information content (AvgIpc) is 2.46. The summed E-state index contributed by atoms with van der Waals surface area (Å²) in [5, 5.41) is 10.7. The quantitative estimate of drug-likeness (QED) is 0.786. The summed E-state index contributed by atoms with van der Waals surface area (Å²) < 4.78 is 39.6. The van der Waals surface area contributed by atoms with E-state index in [1.165, 1.54) is 18.2 Å². The van der Waals surface area contributed by atoms with Crippen LogP contribution in [0, 0.1) is 12.7 Å². The third kappa shape index (κ3) is 4.20. The predicted molar refractivity (Wildman–Crippen MR) is 76.8 cm³/mol. The summed E-state index contributed by atoms with van der Waals surface area (Å²) in [7, 11) is -3.85. The zero-order valence-electron chi connectivity index (χ0n) is 11.4. The van der Waals surface area contributed by atoms with E-state index in [0.29, 0.717) is 12.4 Å². The Morgan fingerprint density at radius 3 is 2.52 bits per heavy atom. The SMILES string of the molecule is Cc1ccc(NCCNS(=O)(=O)c2ccccc2F)nn1. The fourth-order valence-corrected chi connectivity index (χ4v) is 2.72.